The molecule has 0 atom stereocenters. The lowest BCUT2D eigenvalue weighted by Gasteiger charge is -2.10. The topological polar surface area (TPSA) is 21.3 Å². The van der Waals surface area contributed by atoms with Gasteiger partial charge in [-0.2, -0.15) is 0 Å². The number of hydrogen-bond donors (Lipinski definition) is 1. The van der Waals surface area contributed by atoms with Gasteiger partial charge < -0.3 is 10.1 Å². The van der Waals surface area contributed by atoms with Gasteiger partial charge in [-0.3, -0.25) is 0 Å². The van der Waals surface area contributed by atoms with Gasteiger partial charge in [-0.1, -0.05) is 48.5 Å². The highest BCUT2D eigenvalue weighted by Gasteiger charge is 2.00. The molecular weight excluding hydrogens is 246 g/mol. The van der Waals surface area contributed by atoms with Crippen molar-refractivity contribution in [3.05, 3.63) is 72.3 Å². The second kappa shape index (κ2) is 5.66. The van der Waals surface area contributed by atoms with E-state index >= 15 is 0 Å². The highest BCUT2D eigenvalue weighted by molar-refractivity contribution is 5.93. The molecule has 0 spiro atoms. The van der Waals surface area contributed by atoms with E-state index in [1.54, 1.807) is 7.11 Å². The van der Waals surface area contributed by atoms with E-state index in [0.717, 1.165) is 12.3 Å². The smallest absolute Gasteiger partial charge is 0.118 e. The summed E-state index contributed by atoms with van der Waals surface area (Å²) >= 11 is 0. The van der Waals surface area contributed by atoms with Gasteiger partial charge in [-0.05, 0) is 29.1 Å². The van der Waals surface area contributed by atoms with Crippen molar-refractivity contribution in [3.63, 3.8) is 0 Å². The number of nitrogens with one attached hydrogen (secondary N) is 1. The highest BCUT2D eigenvalue weighted by atomic mass is 16.5. The Balaban J connectivity index is 1.79. The highest BCUT2D eigenvalue weighted by Crippen LogP contribution is 2.23. The van der Waals surface area contributed by atoms with Crippen molar-refractivity contribution >= 4 is 16.5 Å². The summed E-state index contributed by atoms with van der Waals surface area (Å²) in [5, 5.41) is 6.01. The number of fused-ring (bicyclic) bond motifs is 1. The predicted octanol–water partition coefficient (Wildman–Crippen LogP) is 4.46. The summed E-state index contributed by atoms with van der Waals surface area (Å²) in [6, 6.07) is 22.9. The summed E-state index contributed by atoms with van der Waals surface area (Å²) in [5.41, 5.74) is 2.40. The summed E-state index contributed by atoms with van der Waals surface area (Å²) in [6.45, 7) is 0.804. The Morgan fingerprint density at radius 1 is 0.850 bits per heavy atom. The molecule has 0 aliphatic rings. The standard InChI is InChI=1S/C18H17NO/c1-20-16-11-9-14(10-12-16)13-19-18-8-4-6-15-5-2-3-7-17(15)18/h2-12,19H,13H2,1H3. The normalized spacial score (nSPS) is 10.4. The third-order valence-electron chi connectivity index (χ3n) is 3.43. The van der Waals surface area contributed by atoms with Crippen LogP contribution in [0.1, 0.15) is 5.56 Å². The van der Waals surface area contributed by atoms with Crippen LogP contribution in [0.15, 0.2) is 66.7 Å². The van der Waals surface area contributed by atoms with Crippen LogP contribution in [0.3, 0.4) is 0 Å². The number of anilines is 1. The van der Waals surface area contributed by atoms with Crippen molar-refractivity contribution in [2.24, 2.45) is 0 Å². The van der Waals surface area contributed by atoms with E-state index in [0.29, 0.717) is 0 Å². The van der Waals surface area contributed by atoms with E-state index < -0.39 is 0 Å². The predicted molar refractivity (Wildman–Crippen MR) is 84.3 cm³/mol. The molecule has 0 radical (unpaired) electrons. The summed E-state index contributed by atoms with van der Waals surface area (Å²) in [6.07, 6.45) is 0. The Kier molecular flexibility index (Phi) is 3.55. The lowest BCUT2D eigenvalue weighted by atomic mass is 10.1. The van der Waals surface area contributed by atoms with Gasteiger partial charge in [0.15, 0.2) is 0 Å². The average molecular weight is 263 g/mol. The molecule has 0 saturated heterocycles. The maximum absolute atomic E-state index is 5.17. The fourth-order valence-corrected chi connectivity index (χ4v) is 2.32. The van der Waals surface area contributed by atoms with Crippen LogP contribution in [-0.2, 0) is 6.54 Å². The first-order valence-corrected chi connectivity index (χ1v) is 6.71. The molecule has 0 heterocycles. The molecule has 0 aromatic heterocycles. The number of ether oxygens (including phenoxy) is 1. The van der Waals surface area contributed by atoms with E-state index in [1.165, 1.54) is 22.0 Å². The monoisotopic (exact) mass is 263 g/mol. The van der Waals surface area contributed by atoms with Crippen molar-refractivity contribution < 1.29 is 4.74 Å². The molecule has 2 nitrogen and oxygen atoms in total. The zero-order valence-electron chi connectivity index (χ0n) is 11.5. The van der Waals surface area contributed by atoms with E-state index in [1.807, 2.05) is 12.1 Å². The van der Waals surface area contributed by atoms with E-state index in [2.05, 4.69) is 59.9 Å². The maximum Gasteiger partial charge on any atom is 0.118 e. The molecule has 3 rings (SSSR count). The minimum absolute atomic E-state index is 0.804. The van der Waals surface area contributed by atoms with Gasteiger partial charge in [0.25, 0.3) is 0 Å². The van der Waals surface area contributed by atoms with Crippen LogP contribution in [0.5, 0.6) is 5.75 Å². The Morgan fingerprint density at radius 3 is 2.40 bits per heavy atom. The lowest BCUT2D eigenvalue weighted by Crippen LogP contribution is -1.99. The number of methoxy groups -OCH3 is 1. The van der Waals surface area contributed by atoms with Crippen molar-refractivity contribution in [1.29, 1.82) is 0 Å². The van der Waals surface area contributed by atoms with Crippen LogP contribution < -0.4 is 10.1 Å². The second-order valence-electron chi connectivity index (χ2n) is 4.73. The van der Waals surface area contributed by atoms with Crippen LogP contribution in [0, 0.1) is 0 Å². The first-order valence-electron chi connectivity index (χ1n) is 6.71. The number of rotatable bonds is 4. The summed E-state index contributed by atoms with van der Waals surface area (Å²) in [7, 11) is 1.68. The molecule has 1 N–H and O–H groups in total. The van der Waals surface area contributed by atoms with Gasteiger partial charge >= 0.3 is 0 Å². The second-order valence-corrected chi connectivity index (χ2v) is 4.73. The summed E-state index contributed by atoms with van der Waals surface area (Å²) in [5.74, 6) is 0.888. The first kappa shape index (κ1) is 12.5. The minimum atomic E-state index is 0.804. The Hall–Kier alpha value is -2.48. The molecule has 0 amide bonds. The molecule has 0 aliphatic heterocycles. The molecule has 0 aliphatic carbocycles. The van der Waals surface area contributed by atoms with Crippen molar-refractivity contribution in [2.75, 3.05) is 12.4 Å². The van der Waals surface area contributed by atoms with Crippen LogP contribution in [-0.4, -0.2) is 7.11 Å². The Morgan fingerprint density at radius 2 is 1.60 bits per heavy atom. The molecule has 20 heavy (non-hydrogen) atoms. The molecule has 3 aromatic rings. The zero-order valence-corrected chi connectivity index (χ0v) is 11.5. The van der Waals surface area contributed by atoms with E-state index in [4.69, 9.17) is 4.74 Å². The molecule has 0 saturated carbocycles. The molecule has 100 valence electrons. The molecule has 2 heteroatoms. The van der Waals surface area contributed by atoms with Crippen molar-refractivity contribution in [1.82, 2.24) is 0 Å². The molecule has 0 fully saturated rings. The maximum atomic E-state index is 5.17. The van der Waals surface area contributed by atoms with Gasteiger partial charge in [-0.25, -0.2) is 0 Å². The molecule has 0 unspecified atom stereocenters. The molecular formula is C18H17NO. The third kappa shape index (κ3) is 2.59. The number of benzene rings is 3. The van der Waals surface area contributed by atoms with Gasteiger partial charge in [0.1, 0.15) is 5.75 Å². The lowest BCUT2D eigenvalue weighted by molar-refractivity contribution is 0.414. The zero-order chi connectivity index (χ0) is 13.8. The van der Waals surface area contributed by atoms with E-state index in [9.17, 15) is 0 Å². The Bertz CT molecular complexity index is 699. The third-order valence-corrected chi connectivity index (χ3v) is 3.43. The molecule has 3 aromatic carbocycles. The van der Waals surface area contributed by atoms with Crippen molar-refractivity contribution in [3.8, 4) is 5.75 Å². The summed E-state index contributed by atoms with van der Waals surface area (Å²) in [4.78, 5) is 0. The number of hydrogen-bond acceptors (Lipinski definition) is 2. The average Bonchev–Trinajstić information content (AvgIpc) is 2.53. The van der Waals surface area contributed by atoms with Gasteiger partial charge in [-0.15, -0.1) is 0 Å². The van der Waals surface area contributed by atoms with Gasteiger partial charge in [0.2, 0.25) is 0 Å². The van der Waals surface area contributed by atoms with Crippen LogP contribution in [0.2, 0.25) is 0 Å². The van der Waals surface area contributed by atoms with Gasteiger partial charge in [0, 0.05) is 17.6 Å². The quantitative estimate of drug-likeness (QED) is 0.750. The van der Waals surface area contributed by atoms with Crippen LogP contribution >= 0.6 is 0 Å². The molecule has 0 bridgehead atoms. The summed E-state index contributed by atoms with van der Waals surface area (Å²) < 4.78 is 5.17. The largest absolute Gasteiger partial charge is 0.497 e. The fraction of sp³-hybridized carbons (Fsp3) is 0.111. The van der Waals surface area contributed by atoms with Gasteiger partial charge in [0.05, 0.1) is 7.11 Å². The fourth-order valence-electron chi connectivity index (χ4n) is 2.32. The SMILES string of the molecule is COc1ccc(CNc2cccc3ccccc23)cc1. The first-order chi connectivity index (χ1) is 9.86. The van der Waals surface area contributed by atoms with E-state index in [-0.39, 0.29) is 0 Å². The van der Waals surface area contributed by atoms with Crippen LogP contribution in [0.4, 0.5) is 5.69 Å². The van der Waals surface area contributed by atoms with Crippen LogP contribution in [0.25, 0.3) is 10.8 Å². The Labute approximate surface area is 119 Å². The minimum Gasteiger partial charge on any atom is -0.497 e. The van der Waals surface area contributed by atoms with Crippen molar-refractivity contribution in [2.45, 2.75) is 6.54 Å².